The monoisotopic (exact) mass is 549 g/mol. The fraction of sp³-hybridized carbons (Fsp3) is 0.185. The first-order chi connectivity index (χ1) is 16.8. The Labute approximate surface area is 214 Å². The first-order valence-electron chi connectivity index (χ1n) is 11.0. The van der Waals surface area contributed by atoms with Crippen molar-refractivity contribution < 1.29 is 23.9 Å². The number of aryl methyl sites for hydroxylation is 1. The molecule has 2 heterocycles. The Morgan fingerprint density at radius 2 is 1.57 bits per heavy atom. The number of amides is 2. The molecule has 6 rings (SSSR count). The maximum atomic E-state index is 13.9. The van der Waals surface area contributed by atoms with Crippen molar-refractivity contribution in [2.45, 2.75) is 18.6 Å². The summed E-state index contributed by atoms with van der Waals surface area (Å²) in [6, 6.07) is 18.4. The normalized spacial score (nSPS) is 24.4. The molecule has 0 radical (unpaired) electrons. The van der Waals surface area contributed by atoms with E-state index in [0.717, 1.165) is 14.9 Å². The summed E-state index contributed by atoms with van der Waals surface area (Å²) < 4.78 is 7.02. The minimum Gasteiger partial charge on any atom is -0.349 e. The third kappa shape index (κ3) is 2.92. The summed E-state index contributed by atoms with van der Waals surface area (Å²) in [4.78, 5) is 56.3. The highest BCUT2D eigenvalue weighted by atomic mass is 79.9. The van der Waals surface area contributed by atoms with E-state index in [0.29, 0.717) is 16.3 Å². The van der Waals surface area contributed by atoms with E-state index in [4.69, 9.17) is 16.3 Å². The molecule has 0 unspecified atom stereocenters. The van der Waals surface area contributed by atoms with Crippen LogP contribution >= 0.6 is 27.5 Å². The van der Waals surface area contributed by atoms with Crippen molar-refractivity contribution in [1.82, 2.24) is 0 Å². The van der Waals surface area contributed by atoms with E-state index in [9.17, 15) is 19.2 Å². The van der Waals surface area contributed by atoms with Crippen molar-refractivity contribution in [2.75, 3.05) is 4.90 Å². The number of hydrogen-bond donors (Lipinski definition) is 0. The van der Waals surface area contributed by atoms with Gasteiger partial charge in [-0.3, -0.25) is 19.2 Å². The predicted octanol–water partition coefficient (Wildman–Crippen LogP) is 5.11. The highest BCUT2D eigenvalue weighted by molar-refractivity contribution is 9.10. The Morgan fingerprint density at radius 1 is 0.886 bits per heavy atom. The molecule has 3 atom stereocenters. The lowest BCUT2D eigenvalue weighted by atomic mass is 9.77. The second-order valence-electron chi connectivity index (χ2n) is 8.98. The zero-order valence-corrected chi connectivity index (χ0v) is 20.7. The SMILES string of the molecule is Cc1ccc(N2C(=O)[C@@H]3[C@H](c4cccc(Br)c4)OC4(C(=O)c5ccccc5C4=O)[C@H]3C2=O)cc1Cl. The van der Waals surface area contributed by atoms with Crippen LogP contribution in [0.3, 0.4) is 0 Å². The first kappa shape index (κ1) is 22.3. The van der Waals surface area contributed by atoms with Crippen LogP contribution in [0.25, 0.3) is 0 Å². The van der Waals surface area contributed by atoms with Crippen LogP contribution in [0.5, 0.6) is 0 Å². The van der Waals surface area contributed by atoms with Crippen molar-refractivity contribution in [3.05, 3.63) is 98.5 Å². The molecule has 2 fully saturated rings. The smallest absolute Gasteiger partial charge is 0.241 e. The van der Waals surface area contributed by atoms with Gasteiger partial charge in [-0.2, -0.15) is 0 Å². The van der Waals surface area contributed by atoms with E-state index in [-0.39, 0.29) is 11.1 Å². The highest BCUT2D eigenvalue weighted by Gasteiger charge is 2.74. The number of hydrogen-bond acceptors (Lipinski definition) is 5. The maximum absolute atomic E-state index is 13.9. The largest absolute Gasteiger partial charge is 0.349 e. The van der Waals surface area contributed by atoms with Gasteiger partial charge in [-0.1, -0.05) is 70.0 Å². The number of benzene rings is 3. The first-order valence-corrected chi connectivity index (χ1v) is 12.2. The van der Waals surface area contributed by atoms with Crippen LogP contribution in [0.4, 0.5) is 5.69 Å². The number of fused-ring (bicyclic) bond motifs is 3. The Hall–Kier alpha value is -3.13. The summed E-state index contributed by atoms with van der Waals surface area (Å²) in [6.07, 6.45) is -0.970. The molecule has 6 nitrogen and oxygen atoms in total. The molecule has 3 aromatic carbocycles. The van der Waals surface area contributed by atoms with Crippen LogP contribution in [-0.2, 0) is 14.3 Å². The molecular formula is C27H17BrClNO5. The maximum Gasteiger partial charge on any atom is 0.241 e. The molecule has 1 spiro atoms. The van der Waals surface area contributed by atoms with Crippen LogP contribution in [0.2, 0.25) is 5.02 Å². The summed E-state index contributed by atoms with van der Waals surface area (Å²) in [7, 11) is 0. The molecule has 0 bridgehead atoms. The zero-order chi connectivity index (χ0) is 24.6. The van der Waals surface area contributed by atoms with Crippen molar-refractivity contribution in [2.24, 2.45) is 11.8 Å². The van der Waals surface area contributed by atoms with Gasteiger partial charge in [0.25, 0.3) is 0 Å². The Kier molecular flexibility index (Phi) is 4.90. The molecule has 0 aromatic heterocycles. The number of carbonyl (C=O) groups excluding carboxylic acids is 4. The molecule has 1 aliphatic carbocycles. The summed E-state index contributed by atoms with van der Waals surface area (Å²) in [6.45, 7) is 1.81. The van der Waals surface area contributed by atoms with E-state index in [1.165, 1.54) is 0 Å². The summed E-state index contributed by atoms with van der Waals surface area (Å²) in [5.41, 5.74) is -0.0296. The lowest BCUT2D eigenvalue weighted by molar-refractivity contribution is -0.127. The molecule has 2 amide bonds. The molecule has 2 saturated heterocycles. The number of nitrogens with zero attached hydrogens (tertiary/aromatic N) is 1. The lowest BCUT2D eigenvalue weighted by Gasteiger charge is -2.27. The second-order valence-corrected chi connectivity index (χ2v) is 10.3. The number of ether oxygens (including phenoxy) is 1. The summed E-state index contributed by atoms with van der Waals surface area (Å²) in [5, 5.41) is 0.398. The van der Waals surface area contributed by atoms with Gasteiger partial charge in [0, 0.05) is 20.6 Å². The van der Waals surface area contributed by atoms with Gasteiger partial charge in [-0.15, -0.1) is 0 Å². The third-order valence-electron chi connectivity index (χ3n) is 7.11. The van der Waals surface area contributed by atoms with E-state index in [2.05, 4.69) is 15.9 Å². The van der Waals surface area contributed by atoms with Crippen LogP contribution in [-0.4, -0.2) is 29.0 Å². The molecule has 174 valence electrons. The van der Waals surface area contributed by atoms with E-state index < -0.39 is 46.9 Å². The summed E-state index contributed by atoms with van der Waals surface area (Å²) >= 11 is 9.72. The van der Waals surface area contributed by atoms with Crippen molar-refractivity contribution >= 4 is 56.6 Å². The van der Waals surface area contributed by atoms with Crippen molar-refractivity contribution in [3.63, 3.8) is 0 Å². The number of rotatable bonds is 2. The van der Waals surface area contributed by atoms with Crippen LogP contribution in [0.1, 0.15) is 37.9 Å². The Balaban J connectivity index is 1.55. The number of halogens is 2. The number of ketones is 2. The Morgan fingerprint density at radius 3 is 2.20 bits per heavy atom. The topological polar surface area (TPSA) is 80.8 Å². The standard InChI is InChI=1S/C27H17BrClNO5/c1-13-9-10-16(12-19(13)29)30-25(33)20-21(26(30)34)27(35-22(20)14-5-4-6-15(28)11-14)23(31)17-7-2-3-8-18(17)24(27)32/h2-12,20-22H,1H3/t20-,21+,22-/m0/s1. The number of Topliss-reactive ketones (excluding diaryl/α,β-unsaturated/α-hetero) is 2. The number of imide groups is 1. The van der Waals surface area contributed by atoms with Gasteiger partial charge < -0.3 is 4.74 Å². The van der Waals surface area contributed by atoms with E-state index >= 15 is 0 Å². The predicted molar refractivity (Wildman–Crippen MR) is 131 cm³/mol. The molecule has 0 saturated carbocycles. The van der Waals surface area contributed by atoms with E-state index in [1.807, 2.05) is 13.0 Å². The fourth-order valence-corrected chi connectivity index (χ4v) is 6.07. The van der Waals surface area contributed by atoms with Crippen LogP contribution in [0, 0.1) is 18.8 Å². The van der Waals surface area contributed by atoms with Gasteiger partial charge in [0.1, 0.15) is 0 Å². The molecule has 0 N–H and O–H groups in total. The molecule has 3 aromatic rings. The Bertz CT molecular complexity index is 1450. The third-order valence-corrected chi connectivity index (χ3v) is 8.01. The number of anilines is 1. The molecular weight excluding hydrogens is 534 g/mol. The zero-order valence-electron chi connectivity index (χ0n) is 18.3. The number of carbonyl (C=O) groups is 4. The van der Waals surface area contributed by atoms with E-state index in [1.54, 1.807) is 60.7 Å². The summed E-state index contributed by atoms with van der Waals surface area (Å²) in [5.74, 6) is -4.71. The molecule has 3 aliphatic rings. The minimum atomic E-state index is -2.10. The van der Waals surface area contributed by atoms with Gasteiger partial charge in [0.15, 0.2) is 0 Å². The average molecular weight is 551 g/mol. The molecule has 2 aliphatic heterocycles. The fourth-order valence-electron chi connectivity index (χ4n) is 5.48. The second kappa shape index (κ2) is 7.68. The van der Waals surface area contributed by atoms with Crippen molar-refractivity contribution in [3.8, 4) is 0 Å². The quantitative estimate of drug-likeness (QED) is 0.327. The van der Waals surface area contributed by atoms with Gasteiger partial charge in [0.2, 0.25) is 29.0 Å². The van der Waals surface area contributed by atoms with Crippen molar-refractivity contribution in [1.29, 1.82) is 0 Å². The molecule has 35 heavy (non-hydrogen) atoms. The van der Waals surface area contributed by atoms with Gasteiger partial charge in [-0.25, -0.2) is 4.90 Å². The van der Waals surface area contributed by atoms with Crippen LogP contribution < -0.4 is 4.90 Å². The van der Waals surface area contributed by atoms with Gasteiger partial charge >= 0.3 is 0 Å². The molecule has 8 heteroatoms. The lowest BCUT2D eigenvalue weighted by Crippen LogP contribution is -2.51. The van der Waals surface area contributed by atoms with Gasteiger partial charge in [0.05, 0.1) is 23.6 Å². The minimum absolute atomic E-state index is 0.197. The highest BCUT2D eigenvalue weighted by Crippen LogP contribution is 2.57. The van der Waals surface area contributed by atoms with Crippen LogP contribution in [0.15, 0.2) is 71.2 Å². The van der Waals surface area contributed by atoms with Gasteiger partial charge in [-0.05, 0) is 42.3 Å². The average Bonchev–Trinajstić information content (AvgIpc) is 3.41.